The highest BCUT2D eigenvalue weighted by Crippen LogP contribution is 2.22. The molecule has 2 rings (SSSR count). The van der Waals surface area contributed by atoms with E-state index >= 15 is 0 Å². The van der Waals surface area contributed by atoms with Crippen LogP contribution in [-0.2, 0) is 16.6 Å². The lowest BCUT2D eigenvalue weighted by molar-refractivity contribution is 0.0747. The van der Waals surface area contributed by atoms with Crippen molar-refractivity contribution in [2.24, 2.45) is 0 Å². The Kier molecular flexibility index (Phi) is 7.57. The summed E-state index contributed by atoms with van der Waals surface area (Å²) in [6.07, 6.45) is 0. The van der Waals surface area contributed by atoms with E-state index in [4.69, 9.17) is 11.6 Å². The molecule has 0 aromatic heterocycles. The van der Waals surface area contributed by atoms with Gasteiger partial charge in [-0.15, -0.1) is 0 Å². The Morgan fingerprint density at radius 1 is 1.04 bits per heavy atom. The molecule has 152 valence electrons. The van der Waals surface area contributed by atoms with Crippen molar-refractivity contribution in [3.05, 3.63) is 64.4 Å². The van der Waals surface area contributed by atoms with Gasteiger partial charge in [-0.2, -0.15) is 4.31 Å². The van der Waals surface area contributed by atoms with Crippen LogP contribution in [0.1, 0.15) is 36.7 Å². The van der Waals surface area contributed by atoms with E-state index in [9.17, 15) is 17.6 Å². The van der Waals surface area contributed by atoms with E-state index in [0.29, 0.717) is 11.6 Å². The summed E-state index contributed by atoms with van der Waals surface area (Å²) < 4.78 is 41.1. The van der Waals surface area contributed by atoms with Gasteiger partial charge in [0.05, 0.1) is 10.5 Å². The number of carbonyl (C=O) groups excluding carboxylic acids is 1. The van der Waals surface area contributed by atoms with Crippen molar-refractivity contribution >= 4 is 27.5 Å². The molecule has 1 amide bonds. The number of halogens is 2. The number of rotatable bonds is 8. The molecule has 0 fully saturated rings. The number of benzene rings is 2. The van der Waals surface area contributed by atoms with Crippen molar-refractivity contribution in [3.8, 4) is 0 Å². The lowest BCUT2D eigenvalue weighted by atomic mass is 10.1. The Labute approximate surface area is 170 Å². The molecule has 5 nitrogen and oxygen atoms in total. The average molecular weight is 427 g/mol. The van der Waals surface area contributed by atoms with E-state index in [1.807, 2.05) is 0 Å². The lowest BCUT2D eigenvalue weighted by Gasteiger charge is -2.23. The predicted octanol–water partition coefficient (Wildman–Crippen LogP) is 4.17. The lowest BCUT2D eigenvalue weighted by Crippen LogP contribution is -2.32. The first-order valence-electron chi connectivity index (χ1n) is 9.08. The van der Waals surface area contributed by atoms with Gasteiger partial charge in [-0.1, -0.05) is 43.6 Å². The summed E-state index contributed by atoms with van der Waals surface area (Å²) in [5, 5.41) is 0.507. The summed E-state index contributed by atoms with van der Waals surface area (Å²) in [5.41, 5.74) is 0.453. The number of hydrogen-bond donors (Lipinski definition) is 0. The van der Waals surface area contributed by atoms with Crippen molar-refractivity contribution in [2.45, 2.75) is 32.2 Å². The van der Waals surface area contributed by atoms with E-state index in [1.54, 1.807) is 45.0 Å². The molecule has 2 aromatic rings. The zero-order valence-corrected chi connectivity index (χ0v) is 17.7. The second-order valence-electron chi connectivity index (χ2n) is 6.14. The Morgan fingerprint density at radius 3 is 2.25 bits per heavy atom. The fourth-order valence-electron chi connectivity index (χ4n) is 2.87. The summed E-state index contributed by atoms with van der Waals surface area (Å²) in [5.74, 6) is -1.35. The summed E-state index contributed by atoms with van der Waals surface area (Å²) in [6.45, 7) is 6.29. The van der Waals surface area contributed by atoms with E-state index in [1.165, 1.54) is 15.3 Å². The van der Waals surface area contributed by atoms with Crippen LogP contribution in [0.3, 0.4) is 0 Å². The smallest absolute Gasteiger partial charge is 0.257 e. The van der Waals surface area contributed by atoms with Crippen molar-refractivity contribution in [1.82, 2.24) is 9.21 Å². The minimum absolute atomic E-state index is 0.102. The summed E-state index contributed by atoms with van der Waals surface area (Å²) >= 11 is 6.16. The molecule has 0 heterocycles. The summed E-state index contributed by atoms with van der Waals surface area (Å²) in [6, 6.07) is 10.4. The molecular formula is C20H24ClFN2O3S. The van der Waals surface area contributed by atoms with Crippen LogP contribution in [0.25, 0.3) is 0 Å². The maximum atomic E-state index is 14.4. The first kappa shape index (κ1) is 22.3. The number of amides is 1. The van der Waals surface area contributed by atoms with Gasteiger partial charge in [0, 0.05) is 31.2 Å². The van der Waals surface area contributed by atoms with Gasteiger partial charge >= 0.3 is 0 Å². The van der Waals surface area contributed by atoms with Gasteiger partial charge in [-0.3, -0.25) is 4.79 Å². The van der Waals surface area contributed by atoms with Gasteiger partial charge in [0.25, 0.3) is 5.91 Å². The average Bonchev–Trinajstić information content (AvgIpc) is 2.67. The number of carbonyl (C=O) groups is 1. The second kappa shape index (κ2) is 9.49. The molecule has 2 aromatic carbocycles. The maximum Gasteiger partial charge on any atom is 0.257 e. The van der Waals surface area contributed by atoms with Crippen molar-refractivity contribution in [1.29, 1.82) is 0 Å². The van der Waals surface area contributed by atoms with Crippen molar-refractivity contribution in [3.63, 3.8) is 0 Å². The molecule has 0 bridgehead atoms. The molecule has 0 saturated carbocycles. The highest BCUT2D eigenvalue weighted by atomic mass is 35.5. The van der Waals surface area contributed by atoms with Crippen LogP contribution in [-0.4, -0.2) is 43.2 Å². The first-order valence-corrected chi connectivity index (χ1v) is 10.9. The fourth-order valence-corrected chi connectivity index (χ4v) is 4.55. The van der Waals surface area contributed by atoms with Gasteiger partial charge in [-0.05, 0) is 36.8 Å². The molecule has 8 heteroatoms. The highest BCUT2D eigenvalue weighted by Gasteiger charge is 2.26. The molecule has 0 radical (unpaired) electrons. The molecule has 0 saturated heterocycles. The third-order valence-corrected chi connectivity index (χ3v) is 6.91. The maximum absolute atomic E-state index is 14.4. The minimum Gasteiger partial charge on any atom is -0.334 e. The Bertz CT molecular complexity index is 946. The number of sulfonamides is 1. The van der Waals surface area contributed by atoms with E-state index in [0.717, 1.165) is 17.7 Å². The largest absolute Gasteiger partial charge is 0.334 e. The van der Waals surface area contributed by atoms with Crippen LogP contribution < -0.4 is 0 Å². The highest BCUT2D eigenvalue weighted by molar-refractivity contribution is 7.89. The number of nitrogens with zero attached hydrogens (tertiary/aromatic N) is 2. The standard InChI is InChI=1S/C20H24ClFN2O3S/c1-4-23(14-15-9-7-8-10-18(15)21)20(25)17-13-16(11-12-19(17)22)28(26,27)24(5-2)6-3/h7-13H,4-6,14H2,1-3H3. The van der Waals surface area contributed by atoms with E-state index in [2.05, 4.69) is 0 Å². The van der Waals surface area contributed by atoms with Gasteiger partial charge in [0.2, 0.25) is 10.0 Å². The quantitative estimate of drug-likeness (QED) is 0.636. The molecule has 0 N–H and O–H groups in total. The number of hydrogen-bond acceptors (Lipinski definition) is 3. The normalized spacial score (nSPS) is 11.6. The van der Waals surface area contributed by atoms with Crippen LogP contribution >= 0.6 is 11.6 Å². The fraction of sp³-hybridized carbons (Fsp3) is 0.350. The minimum atomic E-state index is -3.80. The Morgan fingerprint density at radius 2 is 1.68 bits per heavy atom. The van der Waals surface area contributed by atoms with Crippen LogP contribution in [0.4, 0.5) is 4.39 Å². The Hall–Kier alpha value is -1.96. The summed E-state index contributed by atoms with van der Waals surface area (Å²) in [7, 11) is -3.80. The van der Waals surface area contributed by atoms with Crippen LogP contribution in [0.5, 0.6) is 0 Å². The molecule has 28 heavy (non-hydrogen) atoms. The third-order valence-electron chi connectivity index (χ3n) is 4.50. The van der Waals surface area contributed by atoms with Crippen molar-refractivity contribution < 1.29 is 17.6 Å². The van der Waals surface area contributed by atoms with Crippen LogP contribution in [0, 0.1) is 5.82 Å². The van der Waals surface area contributed by atoms with E-state index in [-0.39, 0.29) is 30.1 Å². The first-order chi connectivity index (χ1) is 13.3. The molecule has 0 aliphatic heterocycles. The second-order valence-corrected chi connectivity index (χ2v) is 8.49. The molecule has 0 atom stereocenters. The Balaban J connectivity index is 2.40. The van der Waals surface area contributed by atoms with Crippen LogP contribution in [0.2, 0.25) is 5.02 Å². The van der Waals surface area contributed by atoms with Gasteiger partial charge in [-0.25, -0.2) is 12.8 Å². The predicted molar refractivity (Wildman–Crippen MR) is 108 cm³/mol. The topological polar surface area (TPSA) is 57.7 Å². The SMILES string of the molecule is CCN(Cc1ccccc1Cl)C(=O)c1cc(S(=O)(=O)N(CC)CC)ccc1F. The molecule has 0 unspecified atom stereocenters. The molecule has 0 spiro atoms. The zero-order chi connectivity index (χ0) is 20.9. The monoisotopic (exact) mass is 426 g/mol. The van der Waals surface area contributed by atoms with E-state index < -0.39 is 21.7 Å². The van der Waals surface area contributed by atoms with Gasteiger partial charge < -0.3 is 4.90 Å². The van der Waals surface area contributed by atoms with Crippen molar-refractivity contribution in [2.75, 3.05) is 19.6 Å². The molecule has 0 aliphatic rings. The summed E-state index contributed by atoms with van der Waals surface area (Å²) in [4.78, 5) is 14.3. The molecular weight excluding hydrogens is 403 g/mol. The zero-order valence-electron chi connectivity index (χ0n) is 16.2. The van der Waals surface area contributed by atoms with Gasteiger partial charge in [0.1, 0.15) is 5.82 Å². The van der Waals surface area contributed by atoms with Gasteiger partial charge in [0.15, 0.2) is 0 Å². The third kappa shape index (κ3) is 4.71. The van der Waals surface area contributed by atoms with Crippen LogP contribution in [0.15, 0.2) is 47.4 Å². The molecule has 0 aliphatic carbocycles.